The number of nitriles is 1. The Kier molecular flexibility index (Phi) is 6.24. The maximum atomic E-state index is 12.8. The highest BCUT2D eigenvalue weighted by Gasteiger charge is 2.07. The van der Waals surface area contributed by atoms with E-state index >= 15 is 0 Å². The molecule has 2 aromatic rings. The van der Waals surface area contributed by atoms with Gasteiger partial charge in [-0.1, -0.05) is 0 Å². The lowest BCUT2D eigenvalue weighted by Crippen LogP contribution is -2.25. The first-order valence-electron chi connectivity index (χ1n) is 7.84. The van der Waals surface area contributed by atoms with E-state index in [2.05, 4.69) is 16.7 Å². The molecule has 0 heterocycles. The number of hydrogen-bond acceptors (Lipinski definition) is 4. The number of carbonyl (C=O) groups excluding carboxylic acids is 2. The van der Waals surface area contributed by atoms with Crippen LogP contribution in [0.25, 0.3) is 0 Å². The predicted octanol–water partition coefficient (Wildman–Crippen LogP) is 3.13. The molecule has 0 unspecified atom stereocenters. The van der Waals surface area contributed by atoms with Gasteiger partial charge in [-0.2, -0.15) is 5.26 Å². The van der Waals surface area contributed by atoms with Crippen LogP contribution >= 0.6 is 0 Å². The first-order valence-corrected chi connectivity index (χ1v) is 7.84. The van der Waals surface area contributed by atoms with Crippen molar-refractivity contribution in [1.82, 2.24) is 5.32 Å². The Bertz CT molecular complexity index is 810. The number of Topliss-reactive ketones (excluding diaryl/α,β-unsaturated/α-hetero) is 1. The van der Waals surface area contributed by atoms with Gasteiger partial charge >= 0.3 is 0 Å². The summed E-state index contributed by atoms with van der Waals surface area (Å²) in [4.78, 5) is 23.3. The number of anilines is 1. The Morgan fingerprint density at radius 2 is 1.76 bits per heavy atom. The van der Waals surface area contributed by atoms with Crippen LogP contribution in [0.15, 0.2) is 42.5 Å². The third kappa shape index (κ3) is 5.15. The number of rotatable bonds is 7. The number of benzene rings is 2. The van der Waals surface area contributed by atoms with Crippen LogP contribution in [-0.2, 0) is 0 Å². The highest BCUT2D eigenvalue weighted by Crippen LogP contribution is 2.17. The van der Waals surface area contributed by atoms with E-state index in [4.69, 9.17) is 5.26 Å². The average molecular weight is 339 g/mol. The van der Waals surface area contributed by atoms with E-state index in [1.165, 1.54) is 31.2 Å². The number of nitrogens with one attached hydrogen (secondary N) is 2. The van der Waals surface area contributed by atoms with Crippen LogP contribution in [0.3, 0.4) is 0 Å². The Balaban J connectivity index is 1.82. The largest absolute Gasteiger partial charge is 0.384 e. The molecule has 1 amide bonds. The van der Waals surface area contributed by atoms with Crippen molar-refractivity contribution >= 4 is 17.4 Å². The third-order valence-corrected chi connectivity index (χ3v) is 3.61. The minimum absolute atomic E-state index is 0.0703. The Morgan fingerprint density at radius 3 is 2.40 bits per heavy atom. The molecule has 0 aromatic heterocycles. The maximum Gasteiger partial charge on any atom is 0.251 e. The number of halogens is 1. The van der Waals surface area contributed by atoms with Crippen molar-refractivity contribution in [3.05, 3.63) is 65.0 Å². The lowest BCUT2D eigenvalue weighted by molar-refractivity contribution is 0.0952. The van der Waals surface area contributed by atoms with Gasteiger partial charge < -0.3 is 10.6 Å². The highest BCUT2D eigenvalue weighted by molar-refractivity contribution is 5.95. The molecule has 6 heteroatoms. The zero-order valence-corrected chi connectivity index (χ0v) is 13.8. The van der Waals surface area contributed by atoms with Crippen molar-refractivity contribution in [3.63, 3.8) is 0 Å². The van der Waals surface area contributed by atoms with Crippen LogP contribution in [-0.4, -0.2) is 24.8 Å². The molecule has 2 aromatic carbocycles. The van der Waals surface area contributed by atoms with Crippen molar-refractivity contribution < 1.29 is 14.0 Å². The average Bonchev–Trinajstić information content (AvgIpc) is 2.61. The fourth-order valence-electron chi connectivity index (χ4n) is 2.22. The zero-order valence-electron chi connectivity index (χ0n) is 13.8. The Morgan fingerprint density at radius 1 is 1.08 bits per heavy atom. The van der Waals surface area contributed by atoms with Gasteiger partial charge in [-0.05, 0) is 55.8 Å². The van der Waals surface area contributed by atoms with Crippen LogP contribution in [0.4, 0.5) is 10.1 Å². The van der Waals surface area contributed by atoms with E-state index in [9.17, 15) is 14.0 Å². The summed E-state index contributed by atoms with van der Waals surface area (Å²) >= 11 is 0. The van der Waals surface area contributed by atoms with Crippen molar-refractivity contribution in [3.8, 4) is 6.07 Å². The van der Waals surface area contributed by atoms with Gasteiger partial charge in [0.15, 0.2) is 5.78 Å². The summed E-state index contributed by atoms with van der Waals surface area (Å²) in [7, 11) is 0. The van der Waals surface area contributed by atoms with Gasteiger partial charge in [0, 0.05) is 24.2 Å². The molecule has 0 saturated heterocycles. The minimum Gasteiger partial charge on any atom is -0.384 e. The fourth-order valence-corrected chi connectivity index (χ4v) is 2.22. The van der Waals surface area contributed by atoms with Gasteiger partial charge in [0.2, 0.25) is 0 Å². The highest BCUT2D eigenvalue weighted by atomic mass is 19.1. The lowest BCUT2D eigenvalue weighted by atomic mass is 10.1. The molecule has 0 bridgehead atoms. The smallest absolute Gasteiger partial charge is 0.251 e. The molecule has 0 atom stereocenters. The lowest BCUT2D eigenvalue weighted by Gasteiger charge is -2.10. The second-order valence-electron chi connectivity index (χ2n) is 5.47. The molecule has 2 rings (SSSR count). The van der Waals surface area contributed by atoms with E-state index in [0.717, 1.165) is 0 Å². The number of amides is 1. The Hall–Kier alpha value is -3.20. The van der Waals surface area contributed by atoms with Crippen molar-refractivity contribution in [2.75, 3.05) is 18.4 Å². The minimum atomic E-state index is -0.387. The van der Waals surface area contributed by atoms with Gasteiger partial charge in [0.05, 0.1) is 11.3 Å². The second-order valence-corrected chi connectivity index (χ2v) is 5.47. The fraction of sp³-hybridized carbons (Fsp3) is 0.211. The molecule has 0 aliphatic rings. The van der Waals surface area contributed by atoms with Gasteiger partial charge in [0.1, 0.15) is 11.9 Å². The van der Waals surface area contributed by atoms with Crippen molar-refractivity contribution in [2.45, 2.75) is 13.3 Å². The zero-order chi connectivity index (χ0) is 18.2. The van der Waals surface area contributed by atoms with E-state index in [0.29, 0.717) is 41.9 Å². The number of ketones is 1. The molecule has 0 aliphatic carbocycles. The molecule has 5 nitrogen and oxygen atoms in total. The van der Waals surface area contributed by atoms with E-state index in [1.54, 1.807) is 18.2 Å². The number of nitrogens with zero attached hydrogens (tertiary/aromatic N) is 1. The number of hydrogen-bond donors (Lipinski definition) is 2. The number of carbonyl (C=O) groups is 2. The quantitative estimate of drug-likeness (QED) is 0.600. The van der Waals surface area contributed by atoms with Crippen LogP contribution in [0.5, 0.6) is 0 Å². The molecular formula is C19H18FN3O2. The summed E-state index contributed by atoms with van der Waals surface area (Å²) < 4.78 is 12.8. The van der Waals surface area contributed by atoms with Crippen LogP contribution in [0.1, 0.15) is 39.6 Å². The molecule has 25 heavy (non-hydrogen) atoms. The summed E-state index contributed by atoms with van der Waals surface area (Å²) in [5, 5.41) is 15.0. The van der Waals surface area contributed by atoms with Gasteiger partial charge in [0.25, 0.3) is 5.91 Å². The SMILES string of the molecule is CC(=O)c1ccc(C#N)c(NCCCNC(=O)c2ccc(F)cc2)c1. The second kappa shape index (κ2) is 8.60. The van der Waals surface area contributed by atoms with Crippen molar-refractivity contribution in [1.29, 1.82) is 5.26 Å². The monoisotopic (exact) mass is 339 g/mol. The van der Waals surface area contributed by atoms with E-state index < -0.39 is 0 Å². The first-order chi connectivity index (χ1) is 12.0. The summed E-state index contributed by atoms with van der Waals surface area (Å²) in [5.41, 5.74) is 1.99. The van der Waals surface area contributed by atoms with Gasteiger partial charge in [-0.25, -0.2) is 4.39 Å². The molecule has 0 spiro atoms. The third-order valence-electron chi connectivity index (χ3n) is 3.61. The van der Waals surface area contributed by atoms with Crippen LogP contribution in [0.2, 0.25) is 0 Å². The van der Waals surface area contributed by atoms with E-state index in [-0.39, 0.29) is 17.5 Å². The Labute approximate surface area is 145 Å². The maximum absolute atomic E-state index is 12.8. The molecule has 0 saturated carbocycles. The molecular weight excluding hydrogens is 321 g/mol. The topological polar surface area (TPSA) is 82.0 Å². The standard InChI is InChI=1S/C19H18FN3O2/c1-13(24)15-3-4-16(12-21)18(11-15)22-9-2-10-23-19(25)14-5-7-17(20)8-6-14/h3-8,11,22H,2,9-10H2,1H3,(H,23,25). The summed E-state index contributed by atoms with van der Waals surface area (Å²) in [5.74, 6) is -0.725. The summed E-state index contributed by atoms with van der Waals surface area (Å²) in [6, 6.07) is 12.3. The van der Waals surface area contributed by atoms with E-state index in [1.807, 2.05) is 0 Å². The summed E-state index contributed by atoms with van der Waals surface area (Å²) in [6.45, 7) is 2.42. The molecule has 2 N–H and O–H groups in total. The van der Waals surface area contributed by atoms with Crippen LogP contribution in [0, 0.1) is 17.1 Å². The molecule has 0 aliphatic heterocycles. The van der Waals surface area contributed by atoms with Crippen LogP contribution < -0.4 is 10.6 Å². The normalized spacial score (nSPS) is 9.96. The van der Waals surface area contributed by atoms with Crippen molar-refractivity contribution in [2.24, 2.45) is 0 Å². The predicted molar refractivity (Wildman–Crippen MR) is 93.0 cm³/mol. The molecule has 0 fully saturated rings. The molecule has 0 radical (unpaired) electrons. The van der Waals surface area contributed by atoms with Gasteiger partial charge in [-0.15, -0.1) is 0 Å². The first kappa shape index (κ1) is 18.1. The molecule has 128 valence electrons. The van der Waals surface area contributed by atoms with Gasteiger partial charge in [-0.3, -0.25) is 9.59 Å². The summed E-state index contributed by atoms with van der Waals surface area (Å²) in [6.07, 6.45) is 0.627.